The molecule has 2 aliphatic rings. The highest BCUT2D eigenvalue weighted by Crippen LogP contribution is 2.28. The van der Waals surface area contributed by atoms with Gasteiger partial charge in [0.05, 0.1) is 0 Å². The second-order valence-corrected chi connectivity index (χ2v) is 9.65. The first-order valence-electron chi connectivity index (χ1n) is 11.4. The molecule has 4 rings (SSSR count). The van der Waals surface area contributed by atoms with E-state index in [1.54, 1.807) is 11.8 Å². The summed E-state index contributed by atoms with van der Waals surface area (Å²) in [5.74, 6) is 3.41. The number of carbonyl (C=O) groups is 1. The molecule has 0 spiro atoms. The van der Waals surface area contributed by atoms with Crippen LogP contribution in [-0.4, -0.2) is 33.0 Å². The fourth-order valence-corrected chi connectivity index (χ4v) is 4.79. The molecule has 0 aliphatic heterocycles. The van der Waals surface area contributed by atoms with Gasteiger partial charge in [-0.15, -0.1) is 10.2 Å². The lowest BCUT2D eigenvalue weighted by Crippen LogP contribution is -2.25. The normalized spacial score (nSPS) is 18.1. The first-order valence-corrected chi connectivity index (χ1v) is 12.4. The van der Waals surface area contributed by atoms with Crippen LogP contribution in [0.3, 0.4) is 0 Å². The minimum atomic E-state index is 0.178. The van der Waals surface area contributed by atoms with Gasteiger partial charge in [-0.1, -0.05) is 60.7 Å². The number of hydrogen-bond donors (Lipinski definition) is 1. The van der Waals surface area contributed by atoms with Crippen molar-refractivity contribution in [3.63, 3.8) is 0 Å². The lowest BCUT2D eigenvalue weighted by Gasteiger charge is -2.14. The van der Waals surface area contributed by atoms with Crippen LogP contribution < -0.4 is 5.32 Å². The minimum absolute atomic E-state index is 0.178. The molecule has 6 heteroatoms. The van der Waals surface area contributed by atoms with Gasteiger partial charge in [0.1, 0.15) is 5.82 Å². The summed E-state index contributed by atoms with van der Waals surface area (Å²) in [5, 5.41) is 13.0. The lowest BCUT2D eigenvalue weighted by atomic mass is 9.97. The van der Waals surface area contributed by atoms with E-state index in [0.29, 0.717) is 12.3 Å². The van der Waals surface area contributed by atoms with Crippen molar-refractivity contribution in [1.82, 2.24) is 20.1 Å². The molecule has 0 bridgehead atoms. The number of allylic oxidation sites excluding steroid dienone is 3. The van der Waals surface area contributed by atoms with Crippen molar-refractivity contribution in [3.05, 3.63) is 60.0 Å². The molecular weight excluding hydrogens is 404 g/mol. The largest absolute Gasteiger partial charge is 0.356 e. The van der Waals surface area contributed by atoms with Crippen LogP contribution in [-0.2, 0) is 11.2 Å². The number of nitrogens with zero attached hydrogens (tertiary/aromatic N) is 3. The third-order valence-corrected chi connectivity index (χ3v) is 6.83. The lowest BCUT2D eigenvalue weighted by molar-refractivity contribution is -0.121. The minimum Gasteiger partial charge on any atom is -0.356 e. The van der Waals surface area contributed by atoms with Crippen LogP contribution in [0.4, 0.5) is 0 Å². The average Bonchev–Trinajstić information content (AvgIpc) is 3.53. The summed E-state index contributed by atoms with van der Waals surface area (Å²) in [6.07, 6.45) is 13.5. The maximum Gasteiger partial charge on any atom is 0.220 e. The SMILES string of the molecule is CC1C=CC=C(CSc2nnc(CCCCC(=O)NCC3CC3)n2-c2ccccc2)C1. The number of thioether (sulfide) groups is 1. The van der Waals surface area contributed by atoms with Crippen LogP contribution in [0.1, 0.15) is 51.3 Å². The third-order valence-electron chi connectivity index (χ3n) is 5.80. The van der Waals surface area contributed by atoms with Crippen LogP contribution in [0.15, 0.2) is 59.3 Å². The molecule has 0 saturated heterocycles. The standard InChI is InChI=1S/C25H32N4OS/c1-19-8-7-9-21(16-19)18-31-25-28-27-23(29(25)22-10-3-2-4-11-22)12-5-6-13-24(30)26-17-20-14-15-20/h2-4,7-11,19-20H,5-6,12-18H2,1H3,(H,26,30). The van der Waals surface area contributed by atoms with Gasteiger partial charge in [0.2, 0.25) is 5.91 Å². The van der Waals surface area contributed by atoms with Crippen molar-refractivity contribution in [2.75, 3.05) is 12.3 Å². The van der Waals surface area contributed by atoms with Gasteiger partial charge in [-0.3, -0.25) is 9.36 Å². The Labute approximate surface area is 189 Å². The molecule has 0 radical (unpaired) electrons. The average molecular weight is 437 g/mol. The van der Waals surface area contributed by atoms with Crippen molar-refractivity contribution in [2.24, 2.45) is 11.8 Å². The van der Waals surface area contributed by atoms with Crippen LogP contribution in [0, 0.1) is 11.8 Å². The van der Waals surface area contributed by atoms with Crippen LogP contribution in [0.2, 0.25) is 0 Å². The van der Waals surface area contributed by atoms with Gasteiger partial charge in [0, 0.05) is 30.8 Å². The molecular formula is C25H32N4OS. The van der Waals surface area contributed by atoms with E-state index in [9.17, 15) is 4.79 Å². The van der Waals surface area contributed by atoms with Gasteiger partial charge in [-0.25, -0.2) is 0 Å². The first kappa shape index (κ1) is 21.9. The highest BCUT2D eigenvalue weighted by atomic mass is 32.2. The summed E-state index contributed by atoms with van der Waals surface area (Å²) in [5.41, 5.74) is 2.54. The second-order valence-electron chi connectivity index (χ2n) is 8.70. The van der Waals surface area contributed by atoms with E-state index in [4.69, 9.17) is 0 Å². The maximum atomic E-state index is 12.0. The van der Waals surface area contributed by atoms with Crippen molar-refractivity contribution in [3.8, 4) is 5.69 Å². The topological polar surface area (TPSA) is 59.8 Å². The number of nitrogens with one attached hydrogen (secondary N) is 1. The van der Waals surface area contributed by atoms with Crippen molar-refractivity contribution >= 4 is 17.7 Å². The summed E-state index contributed by atoms with van der Waals surface area (Å²) in [6.45, 7) is 3.11. The molecule has 1 N–H and O–H groups in total. The Balaban J connectivity index is 1.35. The quantitative estimate of drug-likeness (QED) is 0.392. The monoisotopic (exact) mass is 436 g/mol. The van der Waals surface area contributed by atoms with Gasteiger partial charge < -0.3 is 5.32 Å². The van der Waals surface area contributed by atoms with E-state index in [1.807, 2.05) is 18.2 Å². The zero-order valence-corrected chi connectivity index (χ0v) is 19.1. The summed E-state index contributed by atoms with van der Waals surface area (Å²) >= 11 is 1.75. The molecule has 1 fully saturated rings. The summed E-state index contributed by atoms with van der Waals surface area (Å²) in [7, 11) is 0. The zero-order valence-electron chi connectivity index (χ0n) is 18.3. The molecule has 1 heterocycles. The third kappa shape index (κ3) is 6.57. The van der Waals surface area contributed by atoms with Gasteiger partial charge in [-0.2, -0.15) is 0 Å². The van der Waals surface area contributed by atoms with E-state index in [-0.39, 0.29) is 5.91 Å². The number of para-hydroxylation sites is 1. The second kappa shape index (κ2) is 10.8. The Morgan fingerprint density at radius 3 is 2.81 bits per heavy atom. The molecule has 31 heavy (non-hydrogen) atoms. The predicted octanol–water partition coefficient (Wildman–Crippen LogP) is 5.12. The van der Waals surface area contributed by atoms with Gasteiger partial charge in [0.25, 0.3) is 0 Å². The van der Waals surface area contributed by atoms with Crippen molar-refractivity contribution < 1.29 is 4.79 Å². The van der Waals surface area contributed by atoms with Crippen LogP contribution in [0.5, 0.6) is 0 Å². The number of carbonyl (C=O) groups excluding carboxylic acids is 1. The van der Waals surface area contributed by atoms with Crippen molar-refractivity contribution in [1.29, 1.82) is 0 Å². The summed E-state index contributed by atoms with van der Waals surface area (Å²) in [4.78, 5) is 12.0. The van der Waals surface area contributed by atoms with Gasteiger partial charge in [-0.05, 0) is 56.1 Å². The fraction of sp³-hybridized carbons (Fsp3) is 0.480. The van der Waals surface area contributed by atoms with E-state index in [1.165, 1.54) is 18.4 Å². The Kier molecular flexibility index (Phi) is 7.62. The smallest absolute Gasteiger partial charge is 0.220 e. The number of rotatable bonds is 11. The molecule has 1 aromatic heterocycles. The van der Waals surface area contributed by atoms with Gasteiger partial charge >= 0.3 is 0 Å². The fourth-order valence-electron chi connectivity index (χ4n) is 3.82. The molecule has 1 amide bonds. The number of aryl methyl sites for hydroxylation is 1. The number of amides is 1. The van der Waals surface area contributed by atoms with Crippen LogP contribution >= 0.6 is 11.8 Å². The highest BCUT2D eigenvalue weighted by Gasteiger charge is 2.21. The molecule has 1 aromatic carbocycles. The van der Waals surface area contributed by atoms with E-state index < -0.39 is 0 Å². The van der Waals surface area contributed by atoms with E-state index >= 15 is 0 Å². The Morgan fingerprint density at radius 1 is 1.19 bits per heavy atom. The summed E-state index contributed by atoms with van der Waals surface area (Å²) in [6, 6.07) is 10.3. The Morgan fingerprint density at radius 2 is 2.03 bits per heavy atom. The van der Waals surface area contributed by atoms with E-state index in [2.05, 4.69) is 57.4 Å². The van der Waals surface area contributed by atoms with Crippen molar-refractivity contribution in [2.45, 2.75) is 57.0 Å². The number of unbranched alkanes of at least 4 members (excludes halogenated alkanes) is 1. The van der Waals surface area contributed by atoms with Crippen LogP contribution in [0.25, 0.3) is 5.69 Å². The zero-order chi connectivity index (χ0) is 21.5. The number of hydrogen-bond acceptors (Lipinski definition) is 4. The molecule has 1 unspecified atom stereocenters. The Hall–Kier alpha value is -2.34. The Bertz CT molecular complexity index is 930. The number of benzene rings is 1. The molecule has 2 aliphatic carbocycles. The highest BCUT2D eigenvalue weighted by molar-refractivity contribution is 7.99. The molecule has 1 saturated carbocycles. The first-order chi connectivity index (χ1) is 15.2. The maximum absolute atomic E-state index is 12.0. The number of aromatic nitrogens is 3. The molecule has 1 atom stereocenters. The molecule has 5 nitrogen and oxygen atoms in total. The predicted molar refractivity (Wildman–Crippen MR) is 126 cm³/mol. The van der Waals surface area contributed by atoms with Gasteiger partial charge in [0.15, 0.2) is 5.16 Å². The molecule has 2 aromatic rings. The van der Waals surface area contributed by atoms with E-state index in [0.717, 1.165) is 60.6 Å². The summed E-state index contributed by atoms with van der Waals surface area (Å²) < 4.78 is 2.18. The molecule has 164 valence electrons.